The Kier molecular flexibility index (Phi) is 5.05. The normalized spacial score (nSPS) is 15.2. The van der Waals surface area contributed by atoms with E-state index in [1.165, 1.54) is 0 Å². The summed E-state index contributed by atoms with van der Waals surface area (Å²) in [4.78, 5) is 4.19. The van der Waals surface area contributed by atoms with E-state index in [1.807, 2.05) is 11.6 Å². The number of rotatable bonds is 6. The maximum Gasteiger partial charge on any atom is 0.140 e. The second-order valence-electron chi connectivity index (χ2n) is 3.79. The van der Waals surface area contributed by atoms with Crippen molar-refractivity contribution in [3.05, 3.63) is 12.2 Å². The van der Waals surface area contributed by atoms with E-state index in [2.05, 4.69) is 29.2 Å². The van der Waals surface area contributed by atoms with E-state index in [0.717, 1.165) is 25.3 Å². The maximum atomic E-state index is 5.92. The molecule has 0 saturated carbocycles. The quantitative estimate of drug-likeness (QED) is 0.758. The number of halogens is 1. The predicted octanol–water partition coefficient (Wildman–Crippen LogP) is 1.79. The van der Waals surface area contributed by atoms with Gasteiger partial charge in [-0.15, -0.1) is 11.6 Å². The van der Waals surface area contributed by atoms with Gasteiger partial charge in [0, 0.05) is 18.0 Å². The number of alkyl halides is 1. The zero-order valence-corrected chi connectivity index (χ0v) is 10.3. The number of nitrogens with zero attached hydrogens (tertiary/aromatic N) is 3. The molecule has 0 aliphatic heterocycles. The van der Waals surface area contributed by atoms with Gasteiger partial charge in [-0.2, -0.15) is 5.10 Å². The van der Waals surface area contributed by atoms with Crippen molar-refractivity contribution in [2.45, 2.75) is 51.7 Å². The third-order valence-electron chi connectivity index (χ3n) is 2.28. The van der Waals surface area contributed by atoms with Gasteiger partial charge in [-0.25, -0.2) is 9.67 Å². The molecule has 2 unspecified atom stereocenters. The van der Waals surface area contributed by atoms with Gasteiger partial charge in [-0.3, -0.25) is 0 Å². The molecule has 1 N–H and O–H groups in total. The first kappa shape index (κ1) is 12.5. The molecule has 0 saturated heterocycles. The highest BCUT2D eigenvalue weighted by molar-refractivity contribution is 6.20. The minimum Gasteiger partial charge on any atom is -0.307 e. The molecule has 0 spiro atoms. The molecule has 0 amide bonds. The summed E-state index contributed by atoms with van der Waals surface area (Å²) in [6.07, 6.45) is 2.55. The lowest BCUT2D eigenvalue weighted by Crippen LogP contribution is -2.29. The highest BCUT2D eigenvalue weighted by Gasteiger charge is 2.07. The van der Waals surface area contributed by atoms with Crippen LogP contribution < -0.4 is 5.32 Å². The number of aryl methyl sites for hydroxylation is 1. The molecule has 15 heavy (non-hydrogen) atoms. The zero-order chi connectivity index (χ0) is 11.3. The van der Waals surface area contributed by atoms with E-state index in [4.69, 9.17) is 11.6 Å². The van der Waals surface area contributed by atoms with Gasteiger partial charge < -0.3 is 5.32 Å². The van der Waals surface area contributed by atoms with E-state index in [9.17, 15) is 0 Å². The average molecular weight is 231 g/mol. The van der Waals surface area contributed by atoms with Gasteiger partial charge in [0.05, 0.1) is 6.54 Å². The summed E-state index contributed by atoms with van der Waals surface area (Å²) in [5.74, 6) is 0.978. The van der Waals surface area contributed by atoms with Crippen LogP contribution in [0.4, 0.5) is 0 Å². The molecule has 0 radical (unpaired) electrons. The number of hydrogen-bond acceptors (Lipinski definition) is 3. The predicted molar refractivity (Wildman–Crippen MR) is 61.9 cm³/mol. The van der Waals surface area contributed by atoms with Crippen LogP contribution in [-0.4, -0.2) is 26.2 Å². The van der Waals surface area contributed by atoms with Crippen molar-refractivity contribution in [2.75, 3.05) is 0 Å². The highest BCUT2D eigenvalue weighted by Crippen LogP contribution is 2.04. The summed E-state index contributed by atoms with van der Waals surface area (Å²) < 4.78 is 1.89. The smallest absolute Gasteiger partial charge is 0.140 e. The van der Waals surface area contributed by atoms with Crippen LogP contribution in [-0.2, 0) is 13.1 Å². The highest BCUT2D eigenvalue weighted by atomic mass is 35.5. The second kappa shape index (κ2) is 6.08. The molecule has 86 valence electrons. The van der Waals surface area contributed by atoms with E-state index in [-0.39, 0.29) is 5.38 Å². The molecule has 0 bridgehead atoms. The van der Waals surface area contributed by atoms with Crippen molar-refractivity contribution in [2.24, 2.45) is 0 Å². The van der Waals surface area contributed by atoms with Crippen molar-refractivity contribution < 1.29 is 0 Å². The molecule has 1 rings (SSSR count). The summed E-state index contributed by atoms with van der Waals surface area (Å²) in [5.41, 5.74) is 0. The lowest BCUT2D eigenvalue weighted by Gasteiger charge is -2.14. The van der Waals surface area contributed by atoms with E-state index in [0.29, 0.717) is 6.04 Å². The van der Waals surface area contributed by atoms with Crippen LogP contribution in [0.3, 0.4) is 0 Å². The van der Waals surface area contributed by atoms with Gasteiger partial charge in [0.25, 0.3) is 0 Å². The minimum absolute atomic E-state index is 0.205. The Morgan fingerprint density at radius 3 is 2.87 bits per heavy atom. The largest absolute Gasteiger partial charge is 0.307 e. The fraction of sp³-hybridized carbons (Fsp3) is 0.800. The summed E-state index contributed by atoms with van der Waals surface area (Å²) in [6, 6.07) is 0.402. The summed E-state index contributed by atoms with van der Waals surface area (Å²) in [6.45, 7) is 7.80. The van der Waals surface area contributed by atoms with Crippen LogP contribution in [0, 0.1) is 0 Å². The lowest BCUT2D eigenvalue weighted by molar-refractivity contribution is 0.484. The van der Waals surface area contributed by atoms with Crippen molar-refractivity contribution in [3.8, 4) is 0 Å². The third kappa shape index (κ3) is 4.18. The first-order valence-corrected chi connectivity index (χ1v) is 5.81. The third-order valence-corrected chi connectivity index (χ3v) is 2.46. The Bertz CT molecular complexity index is 285. The molecule has 2 atom stereocenters. The van der Waals surface area contributed by atoms with Crippen LogP contribution in [0.25, 0.3) is 0 Å². The van der Waals surface area contributed by atoms with Crippen molar-refractivity contribution >= 4 is 11.6 Å². The van der Waals surface area contributed by atoms with E-state index in [1.54, 1.807) is 6.33 Å². The molecule has 4 nitrogen and oxygen atoms in total. The monoisotopic (exact) mass is 230 g/mol. The molecule has 0 aliphatic carbocycles. The topological polar surface area (TPSA) is 42.7 Å². The van der Waals surface area contributed by atoms with Crippen LogP contribution in [0.2, 0.25) is 0 Å². The summed E-state index contributed by atoms with van der Waals surface area (Å²) >= 11 is 5.92. The molecule has 0 aromatic carbocycles. The zero-order valence-electron chi connectivity index (χ0n) is 9.57. The SMILES string of the molecule is CCn1ncnc1CNC(C)CC(C)Cl. The fourth-order valence-electron chi connectivity index (χ4n) is 1.53. The molecular formula is C10H19ClN4. The van der Waals surface area contributed by atoms with Gasteiger partial charge >= 0.3 is 0 Å². The molecule has 5 heteroatoms. The molecule has 1 aromatic heterocycles. The van der Waals surface area contributed by atoms with Crippen molar-refractivity contribution in [1.82, 2.24) is 20.1 Å². The molecular weight excluding hydrogens is 212 g/mol. The summed E-state index contributed by atoms with van der Waals surface area (Å²) in [5, 5.41) is 7.70. The van der Waals surface area contributed by atoms with Crippen LogP contribution in [0.15, 0.2) is 6.33 Å². The van der Waals surface area contributed by atoms with Gasteiger partial charge in [0.15, 0.2) is 0 Å². The fourth-order valence-corrected chi connectivity index (χ4v) is 1.79. The van der Waals surface area contributed by atoms with Gasteiger partial charge in [-0.05, 0) is 27.2 Å². The maximum absolute atomic E-state index is 5.92. The first-order valence-electron chi connectivity index (χ1n) is 5.37. The number of aromatic nitrogens is 3. The van der Waals surface area contributed by atoms with Crippen LogP contribution in [0.1, 0.15) is 33.0 Å². The van der Waals surface area contributed by atoms with Crippen molar-refractivity contribution in [1.29, 1.82) is 0 Å². The van der Waals surface area contributed by atoms with Gasteiger partial charge in [-0.1, -0.05) is 0 Å². The van der Waals surface area contributed by atoms with E-state index < -0.39 is 0 Å². The Morgan fingerprint density at radius 1 is 1.53 bits per heavy atom. The Labute approximate surface area is 96.0 Å². The molecule has 1 heterocycles. The molecule has 1 aromatic rings. The first-order chi connectivity index (χ1) is 7.13. The van der Waals surface area contributed by atoms with Crippen LogP contribution >= 0.6 is 11.6 Å². The Hall–Kier alpha value is -0.610. The average Bonchev–Trinajstić information content (AvgIpc) is 2.60. The second-order valence-corrected chi connectivity index (χ2v) is 4.54. The van der Waals surface area contributed by atoms with Crippen LogP contribution in [0.5, 0.6) is 0 Å². The van der Waals surface area contributed by atoms with Gasteiger partial charge in [0.2, 0.25) is 0 Å². The lowest BCUT2D eigenvalue weighted by atomic mass is 10.2. The Balaban J connectivity index is 2.36. The molecule has 0 aliphatic rings. The number of nitrogens with one attached hydrogen (secondary N) is 1. The minimum atomic E-state index is 0.205. The standard InChI is InChI=1S/C10H19ClN4/c1-4-15-10(13-7-14-15)6-12-9(3)5-8(2)11/h7-9,12H,4-6H2,1-3H3. The van der Waals surface area contributed by atoms with Gasteiger partial charge in [0.1, 0.15) is 12.2 Å². The molecule has 0 fully saturated rings. The Morgan fingerprint density at radius 2 is 2.27 bits per heavy atom. The number of hydrogen-bond donors (Lipinski definition) is 1. The van der Waals surface area contributed by atoms with E-state index >= 15 is 0 Å². The van der Waals surface area contributed by atoms with Crippen molar-refractivity contribution in [3.63, 3.8) is 0 Å². The summed E-state index contributed by atoms with van der Waals surface area (Å²) in [7, 11) is 0.